The molecule has 1 saturated heterocycles. The van der Waals surface area contributed by atoms with Gasteiger partial charge in [0.1, 0.15) is 0 Å². The molecule has 142 valence electrons. The van der Waals surface area contributed by atoms with E-state index < -0.39 is 0 Å². The summed E-state index contributed by atoms with van der Waals surface area (Å²) in [5.41, 5.74) is 2.32. The van der Waals surface area contributed by atoms with Gasteiger partial charge in [-0.05, 0) is 47.2 Å². The highest BCUT2D eigenvalue weighted by atomic mass is 32.1. The molecule has 0 aliphatic carbocycles. The molecule has 4 heteroatoms. The number of rotatable bonds is 7. The van der Waals surface area contributed by atoms with Gasteiger partial charge in [-0.15, -0.1) is 11.3 Å². The van der Waals surface area contributed by atoms with Crippen LogP contribution >= 0.6 is 11.3 Å². The first kappa shape index (κ1) is 18.6. The fourth-order valence-electron chi connectivity index (χ4n) is 3.80. The zero-order valence-electron chi connectivity index (χ0n) is 15.6. The van der Waals surface area contributed by atoms with Gasteiger partial charge in [0.05, 0.1) is 18.8 Å². The fraction of sp³-hybridized carbons (Fsp3) is 0.391. The number of ether oxygens (including phenoxy) is 1. The normalized spacial score (nSPS) is 17.4. The molecule has 1 unspecified atom stereocenters. The van der Waals surface area contributed by atoms with Crippen LogP contribution in [0.25, 0.3) is 10.1 Å². The molecule has 3 nitrogen and oxygen atoms in total. The van der Waals surface area contributed by atoms with E-state index in [1.54, 1.807) is 11.3 Å². The highest BCUT2D eigenvalue weighted by Gasteiger charge is 2.21. The summed E-state index contributed by atoms with van der Waals surface area (Å²) in [4.78, 5) is 2.46. The third-order valence-electron chi connectivity index (χ3n) is 5.45. The van der Waals surface area contributed by atoms with Crippen molar-refractivity contribution in [2.24, 2.45) is 0 Å². The molecule has 27 heavy (non-hydrogen) atoms. The zero-order valence-corrected chi connectivity index (χ0v) is 16.4. The van der Waals surface area contributed by atoms with Gasteiger partial charge in [-0.2, -0.15) is 0 Å². The molecule has 0 amide bonds. The average molecular weight is 382 g/mol. The van der Waals surface area contributed by atoms with Crippen molar-refractivity contribution >= 4 is 21.4 Å². The quantitative estimate of drug-likeness (QED) is 0.625. The van der Waals surface area contributed by atoms with Crippen molar-refractivity contribution in [2.45, 2.75) is 38.1 Å². The Balaban J connectivity index is 1.21. The van der Waals surface area contributed by atoms with Crippen molar-refractivity contribution in [2.75, 3.05) is 19.6 Å². The monoisotopic (exact) mass is 381 g/mol. The van der Waals surface area contributed by atoms with E-state index in [0.717, 1.165) is 44.5 Å². The van der Waals surface area contributed by atoms with Crippen LogP contribution in [0, 0.1) is 0 Å². The third kappa shape index (κ3) is 4.77. The lowest BCUT2D eigenvalue weighted by molar-refractivity contribution is -0.00464. The van der Waals surface area contributed by atoms with Crippen LogP contribution in [0.1, 0.15) is 36.5 Å². The van der Waals surface area contributed by atoms with Gasteiger partial charge in [-0.1, -0.05) is 48.5 Å². The van der Waals surface area contributed by atoms with Crippen LogP contribution in [0.15, 0.2) is 60.0 Å². The second-order valence-electron chi connectivity index (χ2n) is 7.33. The highest BCUT2D eigenvalue weighted by Crippen LogP contribution is 2.31. The lowest BCUT2D eigenvalue weighted by Crippen LogP contribution is -2.37. The van der Waals surface area contributed by atoms with Gasteiger partial charge in [0.25, 0.3) is 0 Å². The Morgan fingerprint density at radius 1 is 1.04 bits per heavy atom. The Morgan fingerprint density at radius 3 is 2.59 bits per heavy atom. The number of likely N-dealkylation sites (tertiary alicyclic amines) is 1. The minimum atomic E-state index is -0.381. The van der Waals surface area contributed by atoms with E-state index in [4.69, 9.17) is 4.74 Å². The smallest absolute Gasteiger partial charge is 0.0816 e. The zero-order chi connectivity index (χ0) is 18.5. The van der Waals surface area contributed by atoms with E-state index in [9.17, 15) is 5.11 Å². The summed E-state index contributed by atoms with van der Waals surface area (Å²) in [5.74, 6) is 0. The number of nitrogens with zero attached hydrogens (tertiary/aromatic N) is 1. The molecule has 0 saturated carbocycles. The van der Waals surface area contributed by atoms with Crippen molar-refractivity contribution < 1.29 is 9.84 Å². The number of hydrogen-bond donors (Lipinski definition) is 1. The first-order chi connectivity index (χ1) is 13.3. The molecule has 0 radical (unpaired) electrons. The van der Waals surface area contributed by atoms with Crippen LogP contribution in [0.5, 0.6) is 0 Å². The van der Waals surface area contributed by atoms with Crippen LogP contribution in [0.3, 0.4) is 0 Å². The van der Waals surface area contributed by atoms with Gasteiger partial charge in [-0.3, -0.25) is 0 Å². The Labute approximate surface area is 165 Å². The van der Waals surface area contributed by atoms with Crippen molar-refractivity contribution in [1.29, 1.82) is 0 Å². The number of aliphatic hydroxyl groups excluding tert-OH is 1. The molecule has 1 fully saturated rings. The van der Waals surface area contributed by atoms with E-state index in [1.807, 2.05) is 12.1 Å². The second kappa shape index (κ2) is 8.98. The molecular formula is C23H27NO2S. The minimum Gasteiger partial charge on any atom is -0.388 e. The summed E-state index contributed by atoms with van der Waals surface area (Å²) in [6.07, 6.45) is 2.91. The van der Waals surface area contributed by atoms with Gasteiger partial charge < -0.3 is 14.7 Å². The van der Waals surface area contributed by atoms with Gasteiger partial charge in [0, 0.05) is 24.3 Å². The number of fused-ring (bicyclic) bond motifs is 1. The van der Waals surface area contributed by atoms with Gasteiger partial charge in [0.15, 0.2) is 0 Å². The maximum atomic E-state index is 10.7. The first-order valence-corrected chi connectivity index (χ1v) is 10.7. The Kier molecular flexibility index (Phi) is 6.20. The Hall–Kier alpha value is -1.72. The molecule has 1 atom stereocenters. The predicted octanol–water partition coefficient (Wildman–Crippen LogP) is 5.01. The molecule has 1 aliphatic heterocycles. The van der Waals surface area contributed by atoms with Crippen molar-refractivity contribution in [3.8, 4) is 0 Å². The standard InChI is InChI=1S/C23H27NO2S/c25-22(21-17-27-23-9-5-4-8-20(21)23)12-15-24-13-10-19(11-14-24)26-16-18-6-2-1-3-7-18/h1-9,17,19,22,25H,10-16H2. The van der Waals surface area contributed by atoms with Crippen LogP contribution in [0.4, 0.5) is 0 Å². The van der Waals surface area contributed by atoms with E-state index in [2.05, 4.69) is 52.7 Å². The summed E-state index contributed by atoms with van der Waals surface area (Å²) in [7, 11) is 0. The minimum absolute atomic E-state index is 0.354. The third-order valence-corrected chi connectivity index (χ3v) is 6.43. The number of piperidine rings is 1. The Bertz CT molecular complexity index is 840. The maximum absolute atomic E-state index is 10.7. The number of benzene rings is 2. The average Bonchev–Trinajstić information content (AvgIpc) is 3.16. The summed E-state index contributed by atoms with van der Waals surface area (Å²) in [5, 5.41) is 14.0. The molecule has 0 bridgehead atoms. The van der Waals surface area contributed by atoms with Crippen LogP contribution < -0.4 is 0 Å². The summed E-state index contributed by atoms with van der Waals surface area (Å²) in [6.45, 7) is 3.75. The van der Waals surface area contributed by atoms with Gasteiger partial charge >= 0.3 is 0 Å². The first-order valence-electron chi connectivity index (χ1n) is 9.81. The van der Waals surface area contributed by atoms with Gasteiger partial charge in [-0.25, -0.2) is 0 Å². The van der Waals surface area contributed by atoms with Crippen LogP contribution in [-0.4, -0.2) is 35.7 Å². The molecule has 1 aliphatic rings. The molecule has 4 rings (SSSR count). The molecule has 2 aromatic carbocycles. The molecule has 0 spiro atoms. The number of thiophene rings is 1. The molecule has 1 N–H and O–H groups in total. The lowest BCUT2D eigenvalue weighted by atomic mass is 10.0. The van der Waals surface area contributed by atoms with Crippen molar-refractivity contribution in [1.82, 2.24) is 4.90 Å². The predicted molar refractivity (Wildman–Crippen MR) is 112 cm³/mol. The fourth-order valence-corrected chi connectivity index (χ4v) is 4.81. The molecule has 3 aromatic rings. The maximum Gasteiger partial charge on any atom is 0.0816 e. The molecule has 2 heterocycles. The second-order valence-corrected chi connectivity index (χ2v) is 8.24. The van der Waals surface area contributed by atoms with E-state index >= 15 is 0 Å². The highest BCUT2D eigenvalue weighted by molar-refractivity contribution is 7.17. The number of hydrogen-bond acceptors (Lipinski definition) is 4. The van der Waals surface area contributed by atoms with Crippen LogP contribution in [-0.2, 0) is 11.3 Å². The van der Waals surface area contributed by atoms with Gasteiger partial charge in [0.2, 0.25) is 0 Å². The number of aliphatic hydroxyl groups is 1. The lowest BCUT2D eigenvalue weighted by Gasteiger charge is -2.32. The topological polar surface area (TPSA) is 32.7 Å². The SMILES string of the molecule is OC(CCN1CCC(OCc2ccccc2)CC1)c1csc2ccccc12. The molecule has 1 aromatic heterocycles. The van der Waals surface area contributed by atoms with E-state index in [1.165, 1.54) is 15.6 Å². The van der Waals surface area contributed by atoms with Crippen molar-refractivity contribution in [3.63, 3.8) is 0 Å². The summed E-state index contributed by atoms with van der Waals surface area (Å²) in [6, 6.07) is 18.7. The Morgan fingerprint density at radius 2 is 1.78 bits per heavy atom. The molecular weight excluding hydrogens is 354 g/mol. The van der Waals surface area contributed by atoms with Crippen LogP contribution in [0.2, 0.25) is 0 Å². The van der Waals surface area contributed by atoms with E-state index in [-0.39, 0.29) is 6.10 Å². The van der Waals surface area contributed by atoms with Crippen molar-refractivity contribution in [3.05, 3.63) is 71.1 Å². The van der Waals surface area contributed by atoms with E-state index in [0.29, 0.717) is 12.7 Å². The largest absolute Gasteiger partial charge is 0.388 e. The summed E-state index contributed by atoms with van der Waals surface area (Å²) >= 11 is 1.72. The summed E-state index contributed by atoms with van der Waals surface area (Å²) < 4.78 is 7.33.